The van der Waals surface area contributed by atoms with Gasteiger partial charge in [-0.1, -0.05) is 32.4 Å². The minimum Gasteiger partial charge on any atom is -0.311 e. The van der Waals surface area contributed by atoms with Crippen molar-refractivity contribution in [3.63, 3.8) is 0 Å². The van der Waals surface area contributed by atoms with Crippen LogP contribution in [0.5, 0.6) is 0 Å². The molecule has 0 amide bonds. The molecule has 0 aliphatic carbocycles. The van der Waals surface area contributed by atoms with Crippen molar-refractivity contribution in [3.8, 4) is 0 Å². The van der Waals surface area contributed by atoms with Crippen LogP contribution in [0.1, 0.15) is 38.6 Å². The summed E-state index contributed by atoms with van der Waals surface area (Å²) in [5, 5.41) is 8.51. The highest BCUT2D eigenvalue weighted by molar-refractivity contribution is 6.31. The minimum atomic E-state index is 0.333. The lowest BCUT2D eigenvalue weighted by Gasteiger charge is -2.23. The Morgan fingerprint density at radius 1 is 1.44 bits per heavy atom. The van der Waals surface area contributed by atoms with Crippen LogP contribution < -0.4 is 5.32 Å². The van der Waals surface area contributed by atoms with Crippen molar-refractivity contribution >= 4 is 11.6 Å². The Balaban J connectivity index is 2.55. The SMILES string of the molecule is CCC(C)(C)CNCc1c(Cl)c(C)nn1C. The Morgan fingerprint density at radius 3 is 2.50 bits per heavy atom. The second-order valence-electron chi connectivity index (χ2n) is 5.09. The molecular weight excluding hydrogens is 222 g/mol. The summed E-state index contributed by atoms with van der Waals surface area (Å²) >= 11 is 6.17. The standard InChI is InChI=1S/C12H22ClN3/c1-6-12(3,4)8-14-7-10-11(13)9(2)15-16(10)5/h14H,6-8H2,1-5H3. The number of hydrogen-bond acceptors (Lipinski definition) is 2. The number of hydrogen-bond donors (Lipinski definition) is 1. The third-order valence-electron chi connectivity index (χ3n) is 3.11. The highest BCUT2D eigenvalue weighted by atomic mass is 35.5. The molecule has 0 saturated heterocycles. The van der Waals surface area contributed by atoms with Crippen molar-refractivity contribution in [2.24, 2.45) is 12.5 Å². The zero-order valence-electron chi connectivity index (χ0n) is 10.9. The summed E-state index contributed by atoms with van der Waals surface area (Å²) in [6, 6.07) is 0. The molecule has 1 aromatic heterocycles. The molecule has 0 aromatic carbocycles. The first kappa shape index (κ1) is 13.5. The lowest BCUT2D eigenvalue weighted by molar-refractivity contribution is 0.326. The topological polar surface area (TPSA) is 29.9 Å². The van der Waals surface area contributed by atoms with Crippen molar-refractivity contribution in [2.75, 3.05) is 6.54 Å². The van der Waals surface area contributed by atoms with Gasteiger partial charge in [0.25, 0.3) is 0 Å². The summed E-state index contributed by atoms with van der Waals surface area (Å²) in [7, 11) is 1.93. The van der Waals surface area contributed by atoms with Gasteiger partial charge in [-0.05, 0) is 18.8 Å². The van der Waals surface area contributed by atoms with E-state index in [9.17, 15) is 0 Å². The number of halogens is 1. The van der Waals surface area contributed by atoms with E-state index in [2.05, 4.69) is 31.2 Å². The molecule has 4 heteroatoms. The van der Waals surface area contributed by atoms with E-state index in [-0.39, 0.29) is 0 Å². The largest absolute Gasteiger partial charge is 0.311 e. The maximum atomic E-state index is 6.17. The van der Waals surface area contributed by atoms with Crippen LogP contribution in [0.25, 0.3) is 0 Å². The van der Waals surface area contributed by atoms with Gasteiger partial charge in [-0.25, -0.2) is 0 Å². The molecule has 0 atom stereocenters. The van der Waals surface area contributed by atoms with Crippen molar-refractivity contribution in [3.05, 3.63) is 16.4 Å². The number of aromatic nitrogens is 2. The van der Waals surface area contributed by atoms with E-state index < -0.39 is 0 Å². The monoisotopic (exact) mass is 243 g/mol. The third kappa shape index (κ3) is 3.22. The van der Waals surface area contributed by atoms with Crippen molar-refractivity contribution in [2.45, 2.75) is 40.7 Å². The maximum Gasteiger partial charge on any atom is 0.0860 e. The maximum absolute atomic E-state index is 6.17. The van der Waals surface area contributed by atoms with Gasteiger partial charge in [0.1, 0.15) is 0 Å². The van der Waals surface area contributed by atoms with Crippen LogP contribution in [0.3, 0.4) is 0 Å². The summed E-state index contributed by atoms with van der Waals surface area (Å²) in [4.78, 5) is 0. The molecule has 0 bridgehead atoms. The zero-order valence-corrected chi connectivity index (χ0v) is 11.6. The van der Waals surface area contributed by atoms with Gasteiger partial charge in [0.2, 0.25) is 0 Å². The smallest absolute Gasteiger partial charge is 0.0860 e. The fourth-order valence-electron chi connectivity index (χ4n) is 1.52. The van der Waals surface area contributed by atoms with Crippen molar-refractivity contribution < 1.29 is 0 Å². The molecule has 0 aliphatic heterocycles. The number of nitrogens with zero attached hydrogens (tertiary/aromatic N) is 2. The van der Waals surface area contributed by atoms with Gasteiger partial charge < -0.3 is 5.32 Å². The second-order valence-corrected chi connectivity index (χ2v) is 5.47. The normalized spacial score (nSPS) is 12.1. The fraction of sp³-hybridized carbons (Fsp3) is 0.750. The van der Waals surface area contributed by atoms with E-state index in [0.717, 1.165) is 35.9 Å². The van der Waals surface area contributed by atoms with Crippen LogP contribution in [0.2, 0.25) is 5.02 Å². The summed E-state index contributed by atoms with van der Waals surface area (Å²) < 4.78 is 1.85. The quantitative estimate of drug-likeness (QED) is 0.862. The first-order valence-corrected chi connectivity index (χ1v) is 6.14. The molecule has 0 aliphatic rings. The van der Waals surface area contributed by atoms with E-state index in [1.807, 2.05) is 18.7 Å². The Morgan fingerprint density at radius 2 is 2.06 bits per heavy atom. The summed E-state index contributed by atoms with van der Waals surface area (Å²) in [6.45, 7) is 10.4. The van der Waals surface area contributed by atoms with Gasteiger partial charge in [0.05, 0.1) is 16.4 Å². The number of aryl methyl sites for hydroxylation is 2. The molecule has 3 nitrogen and oxygen atoms in total. The lowest BCUT2D eigenvalue weighted by atomic mass is 9.90. The van der Waals surface area contributed by atoms with E-state index in [1.54, 1.807) is 0 Å². The molecule has 0 spiro atoms. The summed E-state index contributed by atoms with van der Waals surface area (Å²) in [5.74, 6) is 0. The van der Waals surface area contributed by atoms with Crippen LogP contribution in [0.15, 0.2) is 0 Å². The van der Waals surface area contributed by atoms with Crippen LogP contribution >= 0.6 is 11.6 Å². The molecule has 1 N–H and O–H groups in total. The highest BCUT2D eigenvalue weighted by Crippen LogP contribution is 2.21. The molecule has 0 saturated carbocycles. The van der Waals surface area contributed by atoms with Gasteiger partial charge in [-0.2, -0.15) is 5.10 Å². The molecule has 92 valence electrons. The Hall–Kier alpha value is -0.540. The van der Waals surface area contributed by atoms with E-state index >= 15 is 0 Å². The van der Waals surface area contributed by atoms with E-state index in [0.29, 0.717) is 5.41 Å². The van der Waals surface area contributed by atoms with Crippen LogP contribution in [-0.4, -0.2) is 16.3 Å². The summed E-state index contributed by atoms with van der Waals surface area (Å²) in [6.07, 6.45) is 1.16. The molecule has 16 heavy (non-hydrogen) atoms. The average molecular weight is 244 g/mol. The lowest BCUT2D eigenvalue weighted by Crippen LogP contribution is -2.29. The molecule has 1 aromatic rings. The zero-order chi connectivity index (χ0) is 12.3. The van der Waals surface area contributed by atoms with E-state index in [4.69, 9.17) is 11.6 Å². The van der Waals surface area contributed by atoms with Gasteiger partial charge >= 0.3 is 0 Å². The predicted octanol–water partition coefficient (Wildman–Crippen LogP) is 2.91. The van der Waals surface area contributed by atoms with Crippen LogP contribution in [0.4, 0.5) is 0 Å². The molecule has 1 heterocycles. The molecule has 0 fully saturated rings. The molecule has 1 rings (SSSR count). The molecule has 0 unspecified atom stereocenters. The Labute approximate surface area is 103 Å². The summed E-state index contributed by atoms with van der Waals surface area (Å²) in [5.41, 5.74) is 2.29. The van der Waals surface area contributed by atoms with Crippen LogP contribution in [0, 0.1) is 12.3 Å². The number of rotatable bonds is 5. The third-order valence-corrected chi connectivity index (χ3v) is 3.61. The molecular formula is C12H22ClN3. The van der Waals surface area contributed by atoms with Gasteiger partial charge in [-0.15, -0.1) is 0 Å². The highest BCUT2D eigenvalue weighted by Gasteiger charge is 2.16. The van der Waals surface area contributed by atoms with Crippen LogP contribution in [-0.2, 0) is 13.6 Å². The van der Waals surface area contributed by atoms with Crippen molar-refractivity contribution in [1.82, 2.24) is 15.1 Å². The first-order valence-electron chi connectivity index (χ1n) is 5.76. The average Bonchev–Trinajstić information content (AvgIpc) is 2.44. The van der Waals surface area contributed by atoms with Crippen molar-refractivity contribution in [1.29, 1.82) is 0 Å². The molecule has 0 radical (unpaired) electrons. The Kier molecular flexibility index (Phi) is 4.39. The van der Waals surface area contributed by atoms with Gasteiger partial charge in [0, 0.05) is 20.1 Å². The predicted molar refractivity (Wildman–Crippen MR) is 68.7 cm³/mol. The minimum absolute atomic E-state index is 0.333. The number of nitrogens with one attached hydrogen (secondary N) is 1. The van der Waals surface area contributed by atoms with E-state index in [1.165, 1.54) is 0 Å². The second kappa shape index (κ2) is 5.19. The Bertz CT molecular complexity index is 355. The first-order chi connectivity index (χ1) is 7.37. The van der Waals surface area contributed by atoms with Gasteiger partial charge in [-0.3, -0.25) is 4.68 Å². The fourth-order valence-corrected chi connectivity index (χ4v) is 1.74. The van der Waals surface area contributed by atoms with Gasteiger partial charge in [0.15, 0.2) is 0 Å².